The molecule has 0 spiro atoms. The number of hydrogen-bond donors (Lipinski definition) is 1. The molecular formula is C17H25NO. The molecule has 0 amide bonds. The van der Waals surface area contributed by atoms with Gasteiger partial charge in [-0.2, -0.15) is 0 Å². The van der Waals surface area contributed by atoms with Crippen LogP contribution in [0.5, 0.6) is 5.75 Å². The van der Waals surface area contributed by atoms with Crippen molar-refractivity contribution in [3.8, 4) is 5.75 Å². The highest BCUT2D eigenvalue weighted by Crippen LogP contribution is 2.29. The molecule has 104 valence electrons. The average Bonchev–Trinajstić information content (AvgIpc) is 2.47. The number of fused-ring (bicyclic) bond motifs is 1. The minimum absolute atomic E-state index is 0.534. The van der Waals surface area contributed by atoms with Crippen LogP contribution in [0.1, 0.15) is 31.7 Å². The van der Waals surface area contributed by atoms with Crippen molar-refractivity contribution < 1.29 is 4.74 Å². The van der Waals surface area contributed by atoms with Gasteiger partial charge in [-0.25, -0.2) is 0 Å². The molecule has 0 bridgehead atoms. The number of para-hydroxylation sites is 1. The zero-order chi connectivity index (χ0) is 13.5. The smallest absolute Gasteiger partial charge is 0.122 e. The summed E-state index contributed by atoms with van der Waals surface area (Å²) >= 11 is 0. The van der Waals surface area contributed by atoms with Crippen molar-refractivity contribution in [2.75, 3.05) is 13.2 Å². The van der Waals surface area contributed by atoms with E-state index in [1.54, 1.807) is 0 Å². The summed E-state index contributed by atoms with van der Waals surface area (Å²) in [4.78, 5) is 0. The lowest BCUT2D eigenvalue weighted by Crippen LogP contribution is -2.42. The fraction of sp³-hybridized carbons (Fsp3) is 0.529. The monoisotopic (exact) mass is 259 g/mol. The minimum Gasteiger partial charge on any atom is -0.493 e. The molecule has 2 atom stereocenters. The summed E-state index contributed by atoms with van der Waals surface area (Å²) in [5, 5.41) is 3.68. The van der Waals surface area contributed by atoms with Crippen LogP contribution in [0.15, 0.2) is 36.9 Å². The standard InChI is InChI=1S/C17H25NO/c1-3-5-9-16(18-11-4-2)15-12-14-8-6-7-10-17(14)19-13-15/h3,6-8,10,15-16,18H,1,4-5,9,11-13H2,2H3. The Labute approximate surface area is 116 Å². The van der Waals surface area contributed by atoms with Crippen LogP contribution >= 0.6 is 0 Å². The van der Waals surface area contributed by atoms with E-state index in [9.17, 15) is 0 Å². The molecule has 1 aromatic carbocycles. The van der Waals surface area contributed by atoms with E-state index in [1.165, 1.54) is 12.0 Å². The lowest BCUT2D eigenvalue weighted by atomic mass is 9.88. The van der Waals surface area contributed by atoms with Gasteiger partial charge in [0.05, 0.1) is 6.61 Å². The van der Waals surface area contributed by atoms with Crippen molar-refractivity contribution in [3.63, 3.8) is 0 Å². The van der Waals surface area contributed by atoms with E-state index in [0.29, 0.717) is 12.0 Å². The first-order valence-electron chi connectivity index (χ1n) is 7.40. The zero-order valence-corrected chi connectivity index (χ0v) is 11.9. The quantitative estimate of drug-likeness (QED) is 0.756. The molecule has 2 heteroatoms. The summed E-state index contributed by atoms with van der Waals surface area (Å²) in [5.74, 6) is 1.64. The Morgan fingerprint density at radius 2 is 2.32 bits per heavy atom. The van der Waals surface area contributed by atoms with Crippen LogP contribution in [0.3, 0.4) is 0 Å². The second-order valence-corrected chi connectivity index (χ2v) is 5.31. The molecule has 1 heterocycles. The zero-order valence-electron chi connectivity index (χ0n) is 11.9. The van der Waals surface area contributed by atoms with E-state index in [4.69, 9.17) is 4.74 Å². The normalized spacial score (nSPS) is 19.3. The van der Waals surface area contributed by atoms with E-state index in [0.717, 1.165) is 38.2 Å². The van der Waals surface area contributed by atoms with Crippen LogP contribution in [0.2, 0.25) is 0 Å². The molecule has 2 rings (SSSR count). The van der Waals surface area contributed by atoms with Crippen molar-refractivity contribution >= 4 is 0 Å². The lowest BCUT2D eigenvalue weighted by Gasteiger charge is -2.32. The van der Waals surface area contributed by atoms with Gasteiger partial charge in [0.15, 0.2) is 0 Å². The third kappa shape index (κ3) is 3.84. The summed E-state index contributed by atoms with van der Waals surface area (Å²) in [6.45, 7) is 7.96. The Morgan fingerprint density at radius 3 is 3.11 bits per heavy atom. The number of hydrogen-bond acceptors (Lipinski definition) is 2. The van der Waals surface area contributed by atoms with Crippen molar-refractivity contribution in [1.82, 2.24) is 5.32 Å². The maximum absolute atomic E-state index is 5.91. The van der Waals surface area contributed by atoms with E-state index in [1.807, 2.05) is 12.1 Å². The lowest BCUT2D eigenvalue weighted by molar-refractivity contribution is 0.179. The van der Waals surface area contributed by atoms with E-state index in [2.05, 4.69) is 37.0 Å². The predicted molar refractivity (Wildman–Crippen MR) is 80.6 cm³/mol. The largest absolute Gasteiger partial charge is 0.493 e. The third-order valence-electron chi connectivity index (χ3n) is 3.81. The highest BCUT2D eigenvalue weighted by atomic mass is 16.5. The van der Waals surface area contributed by atoms with Crippen molar-refractivity contribution in [2.45, 2.75) is 38.6 Å². The summed E-state index contributed by atoms with van der Waals surface area (Å²) in [7, 11) is 0. The molecule has 0 radical (unpaired) electrons. The van der Waals surface area contributed by atoms with Gasteiger partial charge in [0, 0.05) is 12.0 Å². The molecular weight excluding hydrogens is 234 g/mol. The van der Waals surface area contributed by atoms with Gasteiger partial charge < -0.3 is 10.1 Å². The van der Waals surface area contributed by atoms with E-state index < -0.39 is 0 Å². The number of allylic oxidation sites excluding steroid dienone is 1. The molecule has 1 aromatic rings. The van der Waals surface area contributed by atoms with Gasteiger partial charge in [-0.1, -0.05) is 31.2 Å². The summed E-state index contributed by atoms with van der Waals surface area (Å²) in [6.07, 6.45) is 6.53. The van der Waals surface area contributed by atoms with Crippen LogP contribution in [0, 0.1) is 5.92 Å². The van der Waals surface area contributed by atoms with Gasteiger partial charge in [-0.05, 0) is 43.9 Å². The van der Waals surface area contributed by atoms with Crippen LogP contribution in [-0.4, -0.2) is 19.2 Å². The first-order valence-corrected chi connectivity index (χ1v) is 7.40. The van der Waals surface area contributed by atoms with Gasteiger partial charge in [-0.15, -0.1) is 6.58 Å². The van der Waals surface area contributed by atoms with Gasteiger partial charge >= 0.3 is 0 Å². The molecule has 1 aliphatic rings. The van der Waals surface area contributed by atoms with Crippen LogP contribution in [0.4, 0.5) is 0 Å². The predicted octanol–water partition coefficient (Wildman–Crippen LogP) is 3.57. The molecule has 19 heavy (non-hydrogen) atoms. The summed E-state index contributed by atoms with van der Waals surface area (Å²) in [5.41, 5.74) is 1.35. The fourth-order valence-corrected chi connectivity index (χ4v) is 2.74. The van der Waals surface area contributed by atoms with Crippen molar-refractivity contribution in [3.05, 3.63) is 42.5 Å². The molecule has 0 fully saturated rings. The van der Waals surface area contributed by atoms with Gasteiger partial charge in [0.25, 0.3) is 0 Å². The Hall–Kier alpha value is -1.28. The number of nitrogens with one attached hydrogen (secondary N) is 1. The number of benzene rings is 1. The van der Waals surface area contributed by atoms with Gasteiger partial charge in [-0.3, -0.25) is 0 Å². The first kappa shape index (κ1) is 14.1. The van der Waals surface area contributed by atoms with E-state index >= 15 is 0 Å². The molecule has 0 aliphatic carbocycles. The van der Waals surface area contributed by atoms with Gasteiger partial charge in [0.2, 0.25) is 0 Å². The number of rotatable bonds is 7. The highest BCUT2D eigenvalue weighted by molar-refractivity contribution is 5.35. The van der Waals surface area contributed by atoms with E-state index in [-0.39, 0.29) is 0 Å². The third-order valence-corrected chi connectivity index (χ3v) is 3.81. The minimum atomic E-state index is 0.534. The highest BCUT2D eigenvalue weighted by Gasteiger charge is 2.26. The second-order valence-electron chi connectivity index (χ2n) is 5.31. The molecule has 0 saturated carbocycles. The average molecular weight is 259 g/mol. The molecule has 2 nitrogen and oxygen atoms in total. The molecule has 1 aliphatic heterocycles. The number of ether oxygens (including phenoxy) is 1. The summed E-state index contributed by atoms with van der Waals surface area (Å²) in [6, 6.07) is 8.94. The van der Waals surface area contributed by atoms with Crippen molar-refractivity contribution in [1.29, 1.82) is 0 Å². The second kappa shape index (κ2) is 7.34. The maximum atomic E-state index is 5.91. The van der Waals surface area contributed by atoms with Crippen molar-refractivity contribution in [2.24, 2.45) is 5.92 Å². The van der Waals surface area contributed by atoms with Crippen LogP contribution in [0.25, 0.3) is 0 Å². The van der Waals surface area contributed by atoms with Crippen LogP contribution < -0.4 is 10.1 Å². The SMILES string of the molecule is C=CCCC(NCCC)C1COc2ccccc2C1. The maximum Gasteiger partial charge on any atom is 0.122 e. The Kier molecular flexibility index (Phi) is 5.46. The Bertz CT molecular complexity index is 402. The van der Waals surface area contributed by atoms with Crippen LogP contribution in [-0.2, 0) is 6.42 Å². The Balaban J connectivity index is 2.00. The fourth-order valence-electron chi connectivity index (χ4n) is 2.74. The topological polar surface area (TPSA) is 21.3 Å². The summed E-state index contributed by atoms with van der Waals surface area (Å²) < 4.78 is 5.91. The molecule has 2 unspecified atom stereocenters. The van der Waals surface area contributed by atoms with Gasteiger partial charge in [0.1, 0.15) is 5.75 Å². The first-order chi connectivity index (χ1) is 9.35. The molecule has 0 aromatic heterocycles. The Morgan fingerprint density at radius 1 is 1.47 bits per heavy atom. The molecule has 1 N–H and O–H groups in total. The molecule has 0 saturated heterocycles.